The van der Waals surface area contributed by atoms with Crippen LogP contribution < -0.4 is 4.90 Å². The van der Waals surface area contributed by atoms with Crippen LogP contribution in [0.25, 0.3) is 16.6 Å². The summed E-state index contributed by atoms with van der Waals surface area (Å²) in [6.45, 7) is 4.95. The number of likely N-dealkylation sites (tertiary alicyclic amines) is 1. The number of anilines is 1. The quantitative estimate of drug-likeness (QED) is 0.202. The van der Waals surface area contributed by atoms with Crippen molar-refractivity contribution in [3.63, 3.8) is 0 Å². The molecule has 49 heavy (non-hydrogen) atoms. The smallest absolute Gasteiger partial charge is 0.242 e. The molecule has 3 aliphatic rings. The summed E-state index contributed by atoms with van der Waals surface area (Å²) in [5.41, 5.74) is 7.09. The van der Waals surface area contributed by atoms with E-state index in [0.717, 1.165) is 85.2 Å². The van der Waals surface area contributed by atoms with Crippen LogP contribution >= 0.6 is 0 Å². The molecule has 8 rings (SSSR count). The maximum Gasteiger partial charge on any atom is 0.242 e. The standard InChI is InChI=1S/C40H45N7O2/c1-26-20-27(2)22-28(21-26)23-30-14-10-11-19-45(30)37(48)25-46-35-17-8-9-18-36(35)47-38(29-12-4-3-5-13-29)43-44-39(47)32(40(46)49)24-34-31-15-6-7-16-33(31)41-42-34/h6-9,15-18,20-22,29-30,32H,3-5,10-14,19,23-25H2,1-2H3,(H,41,42). The van der Waals surface area contributed by atoms with E-state index in [1.54, 1.807) is 4.90 Å². The summed E-state index contributed by atoms with van der Waals surface area (Å²) in [5, 5.41) is 18.3. The molecule has 0 spiro atoms. The van der Waals surface area contributed by atoms with Crippen molar-refractivity contribution in [3.05, 3.63) is 101 Å². The summed E-state index contributed by atoms with van der Waals surface area (Å²) >= 11 is 0. The van der Waals surface area contributed by atoms with Gasteiger partial charge in [-0.2, -0.15) is 5.10 Å². The molecule has 9 heteroatoms. The zero-order valence-corrected chi connectivity index (χ0v) is 28.6. The number of hydrogen-bond acceptors (Lipinski definition) is 5. The number of nitrogens with one attached hydrogen (secondary N) is 1. The van der Waals surface area contributed by atoms with Crippen LogP contribution in [0.5, 0.6) is 0 Å². The predicted octanol–water partition coefficient (Wildman–Crippen LogP) is 7.10. The first-order chi connectivity index (χ1) is 23.9. The number of aromatic amines is 1. The van der Waals surface area contributed by atoms with E-state index in [1.165, 1.54) is 23.1 Å². The van der Waals surface area contributed by atoms with Crippen LogP contribution in [0.15, 0.2) is 66.7 Å². The second kappa shape index (κ2) is 13.3. The largest absolute Gasteiger partial charge is 0.338 e. The van der Waals surface area contributed by atoms with Gasteiger partial charge in [-0.3, -0.25) is 19.3 Å². The summed E-state index contributed by atoms with van der Waals surface area (Å²) in [5.74, 6) is 1.04. The summed E-state index contributed by atoms with van der Waals surface area (Å²) < 4.78 is 2.15. The molecule has 4 heterocycles. The SMILES string of the molecule is Cc1cc(C)cc(CC2CCCCN2C(=O)CN2C(=O)C(Cc3[nH]nc4ccccc34)c3nnc(C4CCCCC4)n3-c3ccccc32)c1. The average molecular weight is 656 g/mol. The van der Waals surface area contributed by atoms with E-state index in [2.05, 4.69) is 52.9 Å². The Labute approximate surface area is 287 Å². The van der Waals surface area contributed by atoms with Crippen molar-refractivity contribution in [1.29, 1.82) is 0 Å². The molecule has 1 saturated heterocycles. The van der Waals surface area contributed by atoms with Gasteiger partial charge in [0.2, 0.25) is 11.8 Å². The zero-order valence-electron chi connectivity index (χ0n) is 28.6. The van der Waals surface area contributed by atoms with Crippen molar-refractivity contribution >= 4 is 28.4 Å². The first-order valence-electron chi connectivity index (χ1n) is 18.1. The third kappa shape index (κ3) is 6.04. The van der Waals surface area contributed by atoms with Crippen molar-refractivity contribution in [2.24, 2.45) is 0 Å². The van der Waals surface area contributed by atoms with Gasteiger partial charge in [0.25, 0.3) is 0 Å². The second-order valence-corrected chi connectivity index (χ2v) is 14.4. The van der Waals surface area contributed by atoms with E-state index in [1.807, 2.05) is 47.4 Å². The fourth-order valence-electron chi connectivity index (χ4n) is 8.65. The Morgan fingerprint density at radius 3 is 2.35 bits per heavy atom. The van der Waals surface area contributed by atoms with Crippen LogP contribution in [-0.4, -0.2) is 60.8 Å². The lowest BCUT2D eigenvalue weighted by atomic mass is 9.88. The van der Waals surface area contributed by atoms with E-state index in [4.69, 9.17) is 10.2 Å². The molecule has 2 aliphatic heterocycles. The maximum absolute atomic E-state index is 15.0. The number of hydrogen-bond donors (Lipinski definition) is 1. The highest BCUT2D eigenvalue weighted by Gasteiger charge is 2.41. The molecule has 0 bridgehead atoms. The Bertz CT molecular complexity index is 1980. The number of aryl methyl sites for hydroxylation is 2. The highest BCUT2D eigenvalue weighted by atomic mass is 16.2. The van der Waals surface area contributed by atoms with Crippen LogP contribution in [0.4, 0.5) is 5.69 Å². The molecule has 9 nitrogen and oxygen atoms in total. The number of nitrogens with zero attached hydrogens (tertiary/aromatic N) is 6. The Hall–Kier alpha value is -4.79. The number of fused-ring (bicyclic) bond motifs is 4. The summed E-state index contributed by atoms with van der Waals surface area (Å²) in [7, 11) is 0. The van der Waals surface area contributed by atoms with Gasteiger partial charge in [-0.25, -0.2) is 0 Å². The van der Waals surface area contributed by atoms with Gasteiger partial charge in [0.15, 0.2) is 5.82 Å². The molecule has 5 aromatic rings. The van der Waals surface area contributed by atoms with E-state index < -0.39 is 5.92 Å². The van der Waals surface area contributed by atoms with Gasteiger partial charge in [0.1, 0.15) is 18.3 Å². The molecule has 2 unspecified atom stereocenters. The van der Waals surface area contributed by atoms with Crippen LogP contribution in [-0.2, 0) is 22.4 Å². The van der Waals surface area contributed by atoms with Crippen molar-refractivity contribution in [3.8, 4) is 5.69 Å². The number of carbonyl (C=O) groups is 2. The van der Waals surface area contributed by atoms with Crippen molar-refractivity contribution in [1.82, 2.24) is 29.9 Å². The van der Waals surface area contributed by atoms with Crippen LogP contribution in [0.3, 0.4) is 0 Å². The van der Waals surface area contributed by atoms with Crippen molar-refractivity contribution in [2.45, 2.75) is 95.9 Å². The number of carbonyl (C=O) groups excluding carboxylic acids is 2. The Kier molecular flexibility index (Phi) is 8.51. The van der Waals surface area contributed by atoms with E-state index in [9.17, 15) is 4.79 Å². The Morgan fingerprint density at radius 2 is 1.53 bits per heavy atom. The van der Waals surface area contributed by atoms with Gasteiger partial charge in [-0.15, -0.1) is 10.2 Å². The van der Waals surface area contributed by atoms with E-state index in [-0.39, 0.29) is 30.3 Å². The normalized spacial score (nSPS) is 19.9. The number of aromatic nitrogens is 5. The fourth-order valence-corrected chi connectivity index (χ4v) is 8.65. The third-order valence-electron chi connectivity index (χ3n) is 10.9. The minimum absolute atomic E-state index is 0.00635. The van der Waals surface area contributed by atoms with E-state index >= 15 is 4.79 Å². The average Bonchev–Trinajstić information content (AvgIpc) is 3.72. The van der Waals surface area contributed by atoms with Gasteiger partial charge < -0.3 is 9.80 Å². The van der Waals surface area contributed by atoms with E-state index in [0.29, 0.717) is 18.8 Å². The molecule has 2 aromatic heterocycles. The summed E-state index contributed by atoms with van der Waals surface area (Å²) in [6, 6.07) is 22.7. The highest BCUT2D eigenvalue weighted by Crippen LogP contribution is 2.41. The molecule has 2 fully saturated rings. The minimum atomic E-state index is -0.652. The Morgan fingerprint density at radius 1 is 0.816 bits per heavy atom. The lowest BCUT2D eigenvalue weighted by Gasteiger charge is -2.37. The van der Waals surface area contributed by atoms with Gasteiger partial charge in [0, 0.05) is 36.0 Å². The molecule has 0 radical (unpaired) electrons. The number of rotatable bonds is 7. The monoisotopic (exact) mass is 655 g/mol. The molecule has 1 saturated carbocycles. The molecule has 1 aliphatic carbocycles. The lowest BCUT2D eigenvalue weighted by molar-refractivity contribution is -0.134. The first-order valence-corrected chi connectivity index (χ1v) is 18.1. The Balaban J connectivity index is 1.18. The number of benzene rings is 3. The molecule has 2 atom stereocenters. The second-order valence-electron chi connectivity index (χ2n) is 14.4. The third-order valence-corrected chi connectivity index (χ3v) is 10.9. The van der Waals surface area contributed by atoms with Gasteiger partial charge in [0.05, 0.1) is 16.9 Å². The minimum Gasteiger partial charge on any atom is -0.338 e. The van der Waals surface area contributed by atoms with Crippen LogP contribution in [0.2, 0.25) is 0 Å². The molecule has 1 N–H and O–H groups in total. The van der Waals surface area contributed by atoms with Crippen molar-refractivity contribution < 1.29 is 9.59 Å². The lowest BCUT2D eigenvalue weighted by Crippen LogP contribution is -2.50. The first kappa shape index (κ1) is 31.5. The molecule has 252 valence electrons. The fraction of sp³-hybridized carbons (Fsp3) is 0.425. The highest BCUT2D eigenvalue weighted by molar-refractivity contribution is 6.04. The van der Waals surface area contributed by atoms with Gasteiger partial charge in [-0.05, 0) is 76.1 Å². The summed E-state index contributed by atoms with van der Waals surface area (Å²) in [6.07, 6.45) is 9.91. The molecular formula is C40H45N7O2. The topological polar surface area (TPSA) is 100 Å². The number of amides is 2. The van der Waals surface area contributed by atoms with Crippen molar-refractivity contribution in [2.75, 3.05) is 18.0 Å². The molecule has 3 aromatic carbocycles. The maximum atomic E-state index is 15.0. The molecular weight excluding hydrogens is 610 g/mol. The van der Waals surface area contributed by atoms with Gasteiger partial charge >= 0.3 is 0 Å². The zero-order chi connectivity index (χ0) is 33.5. The number of H-pyrrole nitrogens is 1. The summed E-state index contributed by atoms with van der Waals surface area (Å²) in [4.78, 5) is 33.3. The van der Waals surface area contributed by atoms with Crippen LogP contribution in [0.1, 0.15) is 97.2 Å². The number of para-hydroxylation sites is 3. The van der Waals surface area contributed by atoms with Crippen LogP contribution in [0, 0.1) is 13.8 Å². The predicted molar refractivity (Wildman–Crippen MR) is 191 cm³/mol. The number of piperidine rings is 1. The van der Waals surface area contributed by atoms with Gasteiger partial charge in [-0.1, -0.05) is 78.9 Å². The molecule has 2 amide bonds.